The van der Waals surface area contributed by atoms with Gasteiger partial charge in [0.25, 0.3) is 0 Å². The summed E-state index contributed by atoms with van der Waals surface area (Å²) < 4.78 is 5.27. The molecule has 0 aromatic heterocycles. The number of hydrogen-bond donors (Lipinski definition) is 1. The normalized spacial score (nSPS) is 19.9. The smallest absolute Gasteiger partial charge is 0.337 e. The molecule has 0 aliphatic carbocycles. The van der Waals surface area contributed by atoms with E-state index >= 15 is 0 Å². The first-order chi connectivity index (χ1) is 7.66. The third-order valence-corrected chi connectivity index (χ3v) is 3.92. The molecule has 1 unspecified atom stereocenters. The Kier molecular flexibility index (Phi) is 3.74. The van der Waals surface area contributed by atoms with Crippen LogP contribution < -0.4 is 0 Å². The molecule has 1 saturated heterocycles. The van der Waals surface area contributed by atoms with E-state index in [9.17, 15) is 4.79 Å². The first-order valence-corrected chi connectivity index (χ1v) is 6.20. The molecule has 1 heterocycles. The molecule has 1 fully saturated rings. The van der Waals surface area contributed by atoms with Gasteiger partial charge < -0.3 is 9.84 Å². The number of rotatable bonds is 3. The van der Waals surface area contributed by atoms with Crippen LogP contribution in [-0.4, -0.2) is 29.5 Å². The Balaban J connectivity index is 2.15. The summed E-state index contributed by atoms with van der Waals surface area (Å²) in [4.78, 5) is 11.8. The maximum atomic E-state index is 10.9. The van der Waals surface area contributed by atoms with Gasteiger partial charge in [-0.1, -0.05) is 11.6 Å². The highest BCUT2D eigenvalue weighted by atomic mass is 35.5. The number of hydrogen-bond acceptors (Lipinski definition) is 3. The van der Waals surface area contributed by atoms with Gasteiger partial charge in [0.15, 0.2) is 0 Å². The van der Waals surface area contributed by atoms with Crippen LogP contribution in [0.5, 0.6) is 0 Å². The summed E-state index contributed by atoms with van der Waals surface area (Å²) in [5.41, 5.74) is 0.158. The fourth-order valence-corrected chi connectivity index (χ4v) is 2.83. The lowest BCUT2D eigenvalue weighted by Gasteiger charge is -2.08. The number of ether oxygens (including phenoxy) is 1. The molecule has 0 amide bonds. The molecule has 5 heteroatoms. The highest BCUT2D eigenvalue weighted by Crippen LogP contribution is 2.31. The lowest BCUT2D eigenvalue weighted by molar-refractivity contribution is 0.0697. The molecular weight excluding hydrogens is 248 g/mol. The standard InChI is InChI=1S/C11H11ClO3S/c12-10-2-1-7(5-9(10)11(13)14)16-8-3-4-15-6-8/h1-2,5,8H,3-4,6H2,(H,13,14). The molecule has 3 nitrogen and oxygen atoms in total. The van der Waals surface area contributed by atoms with Crippen LogP contribution in [0.1, 0.15) is 16.8 Å². The Hall–Kier alpha value is -0.710. The summed E-state index contributed by atoms with van der Waals surface area (Å²) >= 11 is 7.44. The van der Waals surface area contributed by atoms with Gasteiger partial charge >= 0.3 is 5.97 Å². The summed E-state index contributed by atoms with van der Waals surface area (Å²) in [6.45, 7) is 1.52. The third-order valence-electron chi connectivity index (χ3n) is 2.36. The molecule has 2 rings (SSSR count). The minimum absolute atomic E-state index is 0.158. The maximum absolute atomic E-state index is 10.9. The lowest BCUT2D eigenvalue weighted by Crippen LogP contribution is -2.01. The number of halogens is 1. The van der Waals surface area contributed by atoms with Crippen LogP contribution in [0.25, 0.3) is 0 Å². The molecule has 86 valence electrons. The van der Waals surface area contributed by atoms with Crippen molar-refractivity contribution in [3.05, 3.63) is 28.8 Å². The molecule has 1 aliphatic rings. The molecule has 1 aromatic rings. The third kappa shape index (κ3) is 2.70. The SMILES string of the molecule is O=C(O)c1cc(SC2CCOC2)ccc1Cl. The first kappa shape index (κ1) is 11.8. The Morgan fingerprint density at radius 1 is 1.56 bits per heavy atom. The molecule has 1 N–H and O–H groups in total. The van der Waals surface area contributed by atoms with Crippen LogP contribution in [-0.2, 0) is 4.74 Å². The summed E-state index contributed by atoms with van der Waals surface area (Å²) in [5, 5.41) is 9.63. The van der Waals surface area contributed by atoms with Crippen molar-refractivity contribution in [3.63, 3.8) is 0 Å². The van der Waals surface area contributed by atoms with Crippen molar-refractivity contribution in [3.8, 4) is 0 Å². The van der Waals surface area contributed by atoms with Crippen molar-refractivity contribution < 1.29 is 14.6 Å². The number of carboxylic acids is 1. The number of benzene rings is 1. The van der Waals surface area contributed by atoms with Gasteiger partial charge in [-0.2, -0.15) is 0 Å². The van der Waals surface area contributed by atoms with E-state index in [2.05, 4.69) is 0 Å². The first-order valence-electron chi connectivity index (χ1n) is 4.94. The van der Waals surface area contributed by atoms with Crippen molar-refractivity contribution in [1.82, 2.24) is 0 Å². The van der Waals surface area contributed by atoms with Crippen LogP contribution >= 0.6 is 23.4 Å². The Labute approximate surface area is 103 Å². The predicted molar refractivity (Wildman–Crippen MR) is 63.5 cm³/mol. The topological polar surface area (TPSA) is 46.5 Å². The fraction of sp³-hybridized carbons (Fsp3) is 0.364. The molecule has 16 heavy (non-hydrogen) atoms. The lowest BCUT2D eigenvalue weighted by atomic mass is 10.2. The van der Waals surface area contributed by atoms with E-state index in [1.54, 1.807) is 23.9 Å². The Morgan fingerprint density at radius 2 is 2.38 bits per heavy atom. The second kappa shape index (κ2) is 5.08. The molecule has 1 atom stereocenters. The van der Waals surface area contributed by atoms with Crippen molar-refractivity contribution in [2.75, 3.05) is 13.2 Å². The van der Waals surface area contributed by atoms with E-state index in [1.165, 1.54) is 0 Å². The van der Waals surface area contributed by atoms with Crippen LogP contribution in [0, 0.1) is 0 Å². The van der Waals surface area contributed by atoms with Gasteiger partial charge in [0.1, 0.15) is 0 Å². The largest absolute Gasteiger partial charge is 0.478 e. The second-order valence-electron chi connectivity index (χ2n) is 3.55. The Morgan fingerprint density at radius 3 is 3.00 bits per heavy atom. The van der Waals surface area contributed by atoms with Gasteiger partial charge in [0, 0.05) is 16.8 Å². The van der Waals surface area contributed by atoms with Crippen LogP contribution in [0.2, 0.25) is 5.02 Å². The number of thioether (sulfide) groups is 1. The van der Waals surface area contributed by atoms with Gasteiger partial charge in [-0.15, -0.1) is 11.8 Å². The summed E-state index contributed by atoms with van der Waals surface area (Å²) in [5.74, 6) is -0.991. The van der Waals surface area contributed by atoms with Gasteiger partial charge in [-0.3, -0.25) is 0 Å². The molecule has 0 bridgehead atoms. The van der Waals surface area contributed by atoms with Crippen LogP contribution in [0.4, 0.5) is 0 Å². The summed E-state index contributed by atoms with van der Waals surface area (Å²) in [6.07, 6.45) is 1.01. The minimum Gasteiger partial charge on any atom is -0.478 e. The zero-order chi connectivity index (χ0) is 11.5. The highest BCUT2D eigenvalue weighted by Gasteiger charge is 2.18. The molecule has 0 radical (unpaired) electrons. The van der Waals surface area contributed by atoms with E-state index in [4.69, 9.17) is 21.4 Å². The average molecular weight is 259 g/mol. The Bertz CT molecular complexity index is 402. The molecule has 1 aromatic carbocycles. The highest BCUT2D eigenvalue weighted by molar-refractivity contribution is 8.00. The van der Waals surface area contributed by atoms with E-state index in [0.29, 0.717) is 5.25 Å². The molecule has 0 saturated carbocycles. The zero-order valence-electron chi connectivity index (χ0n) is 8.48. The average Bonchev–Trinajstić information content (AvgIpc) is 2.73. The van der Waals surface area contributed by atoms with Crippen molar-refractivity contribution >= 4 is 29.3 Å². The maximum Gasteiger partial charge on any atom is 0.337 e. The van der Waals surface area contributed by atoms with Gasteiger partial charge in [-0.25, -0.2) is 4.79 Å². The van der Waals surface area contributed by atoms with E-state index in [-0.39, 0.29) is 10.6 Å². The summed E-state index contributed by atoms with van der Waals surface area (Å²) in [7, 11) is 0. The van der Waals surface area contributed by atoms with Crippen molar-refractivity contribution in [2.45, 2.75) is 16.6 Å². The number of carboxylic acid groups (broad SMARTS) is 1. The van der Waals surface area contributed by atoms with Gasteiger partial charge in [0.05, 0.1) is 17.2 Å². The van der Waals surface area contributed by atoms with Crippen LogP contribution in [0.3, 0.4) is 0 Å². The minimum atomic E-state index is -0.991. The van der Waals surface area contributed by atoms with E-state index in [1.807, 2.05) is 6.07 Å². The van der Waals surface area contributed by atoms with Gasteiger partial charge in [-0.05, 0) is 24.6 Å². The predicted octanol–water partition coefficient (Wildman–Crippen LogP) is 2.92. The van der Waals surface area contributed by atoms with Gasteiger partial charge in [0.2, 0.25) is 0 Å². The zero-order valence-corrected chi connectivity index (χ0v) is 10.1. The molecule has 0 spiro atoms. The molecular formula is C11H11ClO3S. The fourth-order valence-electron chi connectivity index (χ4n) is 1.54. The molecule has 1 aliphatic heterocycles. The van der Waals surface area contributed by atoms with Crippen molar-refractivity contribution in [2.24, 2.45) is 0 Å². The van der Waals surface area contributed by atoms with Crippen LogP contribution in [0.15, 0.2) is 23.1 Å². The van der Waals surface area contributed by atoms with Crippen molar-refractivity contribution in [1.29, 1.82) is 0 Å². The second-order valence-corrected chi connectivity index (χ2v) is 5.33. The number of carbonyl (C=O) groups is 1. The quantitative estimate of drug-likeness (QED) is 0.906. The number of aromatic carboxylic acids is 1. The monoisotopic (exact) mass is 258 g/mol. The van der Waals surface area contributed by atoms with E-state index in [0.717, 1.165) is 24.5 Å². The van der Waals surface area contributed by atoms with E-state index < -0.39 is 5.97 Å². The summed E-state index contributed by atoms with van der Waals surface area (Å²) in [6, 6.07) is 5.09.